The Hall–Kier alpha value is -0.830. The number of halogens is 1. The quantitative estimate of drug-likeness (QED) is 0.823. The summed E-state index contributed by atoms with van der Waals surface area (Å²) in [6.07, 6.45) is 3.49. The van der Waals surface area contributed by atoms with Crippen molar-refractivity contribution in [2.75, 3.05) is 11.9 Å². The van der Waals surface area contributed by atoms with Crippen LogP contribution in [0.25, 0.3) is 0 Å². The van der Waals surface area contributed by atoms with E-state index in [9.17, 15) is 0 Å². The van der Waals surface area contributed by atoms with E-state index in [1.54, 1.807) is 0 Å². The fourth-order valence-corrected chi connectivity index (χ4v) is 3.28. The Bertz CT molecular complexity index is 454. The lowest BCUT2D eigenvalue weighted by atomic mass is 10.0. The van der Waals surface area contributed by atoms with Gasteiger partial charge in [-0.25, -0.2) is 9.97 Å². The first-order valence-electron chi connectivity index (χ1n) is 7.05. The van der Waals surface area contributed by atoms with Crippen molar-refractivity contribution in [3.63, 3.8) is 0 Å². The van der Waals surface area contributed by atoms with Gasteiger partial charge in [0.15, 0.2) is 0 Å². The van der Waals surface area contributed by atoms with Crippen molar-refractivity contribution < 1.29 is 0 Å². The first kappa shape index (κ1) is 14.6. The summed E-state index contributed by atoms with van der Waals surface area (Å²) < 4.78 is 0. The second-order valence-electron chi connectivity index (χ2n) is 6.62. The number of aromatic nitrogens is 2. The Labute approximate surface area is 121 Å². The summed E-state index contributed by atoms with van der Waals surface area (Å²) in [4.78, 5) is 8.42. The molecule has 1 saturated carbocycles. The van der Waals surface area contributed by atoms with Crippen LogP contribution in [0.2, 0.25) is 5.15 Å². The van der Waals surface area contributed by atoms with Crippen LogP contribution in [0, 0.1) is 16.7 Å². The van der Waals surface area contributed by atoms with Gasteiger partial charge in [-0.05, 0) is 23.2 Å². The molecule has 106 valence electrons. The summed E-state index contributed by atoms with van der Waals surface area (Å²) in [5.41, 5.74) is 1.83. The summed E-state index contributed by atoms with van der Waals surface area (Å²) >= 11 is 6.16. The Balaban J connectivity index is 2.07. The van der Waals surface area contributed by atoms with E-state index in [0.717, 1.165) is 30.8 Å². The van der Waals surface area contributed by atoms with Crippen molar-refractivity contribution in [3.05, 3.63) is 17.0 Å². The number of hydrogen-bond donors (Lipinski definition) is 1. The van der Waals surface area contributed by atoms with E-state index in [0.29, 0.717) is 21.9 Å². The van der Waals surface area contributed by atoms with Gasteiger partial charge in [-0.3, -0.25) is 0 Å². The molecule has 19 heavy (non-hydrogen) atoms. The first-order chi connectivity index (χ1) is 8.82. The van der Waals surface area contributed by atoms with E-state index in [1.807, 2.05) is 0 Å². The number of nitrogens with zero attached hydrogens (tertiary/aromatic N) is 2. The highest BCUT2D eigenvalue weighted by molar-refractivity contribution is 6.30. The SMILES string of the molecule is CCCc1c(Cl)ncnc1NCC1C(C)(C)C1(C)C. The smallest absolute Gasteiger partial charge is 0.137 e. The Morgan fingerprint density at radius 1 is 1.21 bits per heavy atom. The first-order valence-corrected chi connectivity index (χ1v) is 7.43. The molecule has 1 fully saturated rings. The minimum Gasteiger partial charge on any atom is -0.369 e. The molecule has 1 aromatic rings. The Morgan fingerprint density at radius 2 is 1.84 bits per heavy atom. The molecule has 0 aromatic carbocycles. The fraction of sp³-hybridized carbons (Fsp3) is 0.733. The third kappa shape index (κ3) is 2.45. The molecule has 0 spiro atoms. The molecule has 1 aliphatic rings. The second kappa shape index (κ2) is 4.93. The van der Waals surface area contributed by atoms with Gasteiger partial charge in [-0.1, -0.05) is 52.6 Å². The molecule has 1 aliphatic carbocycles. The van der Waals surface area contributed by atoms with Gasteiger partial charge in [0.25, 0.3) is 0 Å². The molecule has 0 saturated heterocycles. The van der Waals surface area contributed by atoms with Crippen molar-refractivity contribution in [2.45, 2.75) is 47.5 Å². The second-order valence-corrected chi connectivity index (χ2v) is 6.98. The molecule has 0 bridgehead atoms. The summed E-state index contributed by atoms with van der Waals surface area (Å²) in [5, 5.41) is 4.05. The molecule has 1 N–H and O–H groups in total. The normalized spacial score (nSPS) is 20.3. The van der Waals surface area contributed by atoms with Gasteiger partial charge in [-0.2, -0.15) is 0 Å². The zero-order valence-electron chi connectivity index (χ0n) is 12.5. The molecule has 0 unspecified atom stereocenters. The van der Waals surface area contributed by atoms with Gasteiger partial charge in [0.2, 0.25) is 0 Å². The van der Waals surface area contributed by atoms with Gasteiger partial charge < -0.3 is 5.32 Å². The van der Waals surface area contributed by atoms with Crippen molar-refractivity contribution in [3.8, 4) is 0 Å². The van der Waals surface area contributed by atoms with Crippen LogP contribution in [0.4, 0.5) is 5.82 Å². The van der Waals surface area contributed by atoms with E-state index >= 15 is 0 Å². The van der Waals surface area contributed by atoms with E-state index < -0.39 is 0 Å². The van der Waals surface area contributed by atoms with Gasteiger partial charge in [-0.15, -0.1) is 0 Å². The zero-order chi connectivity index (χ0) is 14.3. The van der Waals surface area contributed by atoms with Crippen molar-refractivity contribution in [2.24, 2.45) is 16.7 Å². The molecule has 1 aromatic heterocycles. The van der Waals surface area contributed by atoms with Crippen LogP contribution in [0.1, 0.15) is 46.6 Å². The average molecular weight is 282 g/mol. The van der Waals surface area contributed by atoms with E-state index in [4.69, 9.17) is 11.6 Å². The number of nitrogens with one attached hydrogen (secondary N) is 1. The molecule has 2 rings (SSSR count). The Morgan fingerprint density at radius 3 is 2.37 bits per heavy atom. The summed E-state index contributed by atoms with van der Waals surface area (Å²) in [7, 11) is 0. The maximum Gasteiger partial charge on any atom is 0.137 e. The fourth-order valence-electron chi connectivity index (χ4n) is 3.06. The monoisotopic (exact) mass is 281 g/mol. The number of anilines is 1. The predicted octanol–water partition coefficient (Wildman–Crippen LogP) is 4.18. The maximum atomic E-state index is 6.16. The van der Waals surface area contributed by atoms with Gasteiger partial charge in [0.1, 0.15) is 17.3 Å². The van der Waals surface area contributed by atoms with Crippen LogP contribution < -0.4 is 5.32 Å². The van der Waals surface area contributed by atoms with Gasteiger partial charge in [0.05, 0.1) is 0 Å². The highest BCUT2D eigenvalue weighted by Crippen LogP contribution is 2.68. The lowest BCUT2D eigenvalue weighted by Gasteiger charge is -2.12. The zero-order valence-corrected chi connectivity index (χ0v) is 13.3. The van der Waals surface area contributed by atoms with Crippen LogP contribution in [-0.4, -0.2) is 16.5 Å². The average Bonchev–Trinajstić information content (AvgIpc) is 2.71. The standard InChI is InChI=1S/C15H24ClN3/c1-6-7-10-12(16)18-9-19-13(10)17-8-11-14(2,3)15(11,4)5/h9,11H,6-8H2,1-5H3,(H,17,18,19). The highest BCUT2D eigenvalue weighted by atomic mass is 35.5. The van der Waals surface area contributed by atoms with E-state index in [-0.39, 0.29) is 0 Å². The topological polar surface area (TPSA) is 37.8 Å². The summed E-state index contributed by atoms with van der Waals surface area (Å²) in [6, 6.07) is 0. The minimum absolute atomic E-state index is 0.391. The molecule has 0 aliphatic heterocycles. The van der Waals surface area contributed by atoms with Gasteiger partial charge >= 0.3 is 0 Å². The molecule has 0 atom stereocenters. The summed E-state index contributed by atoms with van der Waals surface area (Å²) in [6.45, 7) is 12.4. The third-order valence-corrected chi connectivity index (χ3v) is 5.51. The predicted molar refractivity (Wildman–Crippen MR) is 80.6 cm³/mol. The molecule has 1 heterocycles. The summed E-state index contributed by atoms with van der Waals surface area (Å²) in [5.74, 6) is 1.57. The molecular weight excluding hydrogens is 258 g/mol. The molecule has 0 amide bonds. The van der Waals surface area contributed by atoms with E-state index in [1.165, 1.54) is 6.33 Å². The largest absolute Gasteiger partial charge is 0.369 e. The van der Waals surface area contributed by atoms with Gasteiger partial charge in [0, 0.05) is 12.1 Å². The highest BCUT2D eigenvalue weighted by Gasteiger charge is 2.64. The van der Waals surface area contributed by atoms with E-state index in [2.05, 4.69) is 49.9 Å². The molecular formula is C15H24ClN3. The van der Waals surface area contributed by atoms with Crippen LogP contribution >= 0.6 is 11.6 Å². The van der Waals surface area contributed by atoms with Crippen molar-refractivity contribution in [1.82, 2.24) is 9.97 Å². The molecule has 4 heteroatoms. The molecule has 3 nitrogen and oxygen atoms in total. The van der Waals surface area contributed by atoms with Crippen LogP contribution in [0.5, 0.6) is 0 Å². The van der Waals surface area contributed by atoms with Crippen LogP contribution in [0.3, 0.4) is 0 Å². The van der Waals surface area contributed by atoms with Crippen LogP contribution in [0.15, 0.2) is 6.33 Å². The lowest BCUT2D eigenvalue weighted by molar-refractivity contribution is 0.457. The molecule has 0 radical (unpaired) electrons. The van der Waals surface area contributed by atoms with Crippen LogP contribution in [-0.2, 0) is 6.42 Å². The van der Waals surface area contributed by atoms with Crippen molar-refractivity contribution in [1.29, 1.82) is 0 Å². The van der Waals surface area contributed by atoms with Crippen molar-refractivity contribution >= 4 is 17.4 Å². The lowest BCUT2D eigenvalue weighted by Crippen LogP contribution is -2.11. The number of rotatable bonds is 5. The number of hydrogen-bond acceptors (Lipinski definition) is 3. The third-order valence-electron chi connectivity index (χ3n) is 5.19. The minimum atomic E-state index is 0.391. The Kier molecular flexibility index (Phi) is 3.78. The maximum absolute atomic E-state index is 6.16.